The quantitative estimate of drug-likeness (QED) is 0.0772. The van der Waals surface area contributed by atoms with E-state index in [4.69, 9.17) is 4.74 Å². The molecule has 1 rings (SSSR count). The lowest BCUT2D eigenvalue weighted by atomic mass is 10.0. The van der Waals surface area contributed by atoms with Crippen LogP contribution in [0.2, 0.25) is 0 Å². The summed E-state index contributed by atoms with van der Waals surface area (Å²) in [5, 5.41) is 25.5. The van der Waals surface area contributed by atoms with E-state index in [0.29, 0.717) is 19.4 Å². The number of carbonyl (C=O) groups is 2. The first-order valence-corrected chi connectivity index (χ1v) is 16.4. The lowest BCUT2D eigenvalue weighted by Gasteiger charge is -2.20. The first-order chi connectivity index (χ1) is 19.6. The van der Waals surface area contributed by atoms with Gasteiger partial charge in [0, 0.05) is 13.0 Å². The molecule has 0 fully saturated rings. The molecule has 1 unspecified atom stereocenters. The summed E-state index contributed by atoms with van der Waals surface area (Å²) in [6, 6.07) is -0.693. The number of unbranched alkanes of at least 4 members (excludes halogenated alkanes) is 13. The minimum Gasteiger partial charge on any atom is -0.446 e. The van der Waals surface area contributed by atoms with E-state index in [0.717, 1.165) is 57.8 Å². The summed E-state index contributed by atoms with van der Waals surface area (Å²) in [6.07, 6.45) is 29.4. The van der Waals surface area contributed by atoms with Gasteiger partial charge in [-0.2, -0.15) is 0 Å². The molecule has 1 aliphatic carbocycles. The second kappa shape index (κ2) is 26.1. The zero-order valence-electron chi connectivity index (χ0n) is 25.4. The normalized spacial score (nSPS) is 18.0. The van der Waals surface area contributed by atoms with Gasteiger partial charge in [-0.15, -0.1) is 0 Å². The number of hydrogen-bond acceptors (Lipinski definition) is 5. The van der Waals surface area contributed by atoms with Gasteiger partial charge in [0.1, 0.15) is 6.10 Å². The molecule has 232 valence electrons. The molecule has 0 saturated carbocycles. The molecule has 0 aromatic heterocycles. The molecule has 0 aliphatic heterocycles. The second-order valence-corrected chi connectivity index (χ2v) is 11.3. The molecule has 4 N–H and O–H groups in total. The van der Waals surface area contributed by atoms with Crippen LogP contribution in [0.1, 0.15) is 142 Å². The number of carbonyl (C=O) groups excluding carboxylic acids is 2. The minimum absolute atomic E-state index is 0.0112. The number of amides is 2. The van der Waals surface area contributed by atoms with Gasteiger partial charge in [0.25, 0.3) is 0 Å². The summed E-state index contributed by atoms with van der Waals surface area (Å²) in [7, 11) is 0. The van der Waals surface area contributed by atoms with Crippen LogP contribution < -0.4 is 10.6 Å². The Morgan fingerprint density at radius 1 is 0.900 bits per heavy atom. The zero-order chi connectivity index (χ0) is 29.1. The maximum atomic E-state index is 12.3. The van der Waals surface area contributed by atoms with Gasteiger partial charge in [-0.1, -0.05) is 102 Å². The number of allylic oxidation sites excluding steroid dienone is 3. The fraction of sp³-hybridized carbons (Fsp3) is 0.818. The first kappa shape index (κ1) is 36.2. The molecule has 2 amide bonds. The Balaban J connectivity index is 2.03. The van der Waals surface area contributed by atoms with Crippen LogP contribution in [-0.2, 0) is 9.53 Å². The van der Waals surface area contributed by atoms with Gasteiger partial charge in [-0.25, -0.2) is 4.79 Å². The van der Waals surface area contributed by atoms with E-state index in [1.54, 1.807) is 6.08 Å². The van der Waals surface area contributed by atoms with E-state index in [9.17, 15) is 19.8 Å². The van der Waals surface area contributed by atoms with Gasteiger partial charge in [-0.3, -0.25) is 4.79 Å². The molecule has 3 atom stereocenters. The molecule has 1 aliphatic rings. The van der Waals surface area contributed by atoms with Crippen molar-refractivity contribution >= 4 is 12.0 Å². The predicted molar refractivity (Wildman–Crippen MR) is 164 cm³/mol. The summed E-state index contributed by atoms with van der Waals surface area (Å²) < 4.78 is 5.53. The summed E-state index contributed by atoms with van der Waals surface area (Å²) in [5.41, 5.74) is 0. The van der Waals surface area contributed by atoms with Crippen molar-refractivity contribution < 1.29 is 24.5 Å². The fourth-order valence-electron chi connectivity index (χ4n) is 5.03. The van der Waals surface area contributed by atoms with Crippen LogP contribution in [0.25, 0.3) is 0 Å². The molecule has 7 heteroatoms. The third-order valence-corrected chi connectivity index (χ3v) is 7.61. The van der Waals surface area contributed by atoms with Gasteiger partial charge >= 0.3 is 6.09 Å². The maximum absolute atomic E-state index is 12.3. The van der Waals surface area contributed by atoms with Crippen molar-refractivity contribution in [1.82, 2.24) is 10.6 Å². The maximum Gasteiger partial charge on any atom is 0.407 e. The van der Waals surface area contributed by atoms with Crippen LogP contribution in [0, 0.1) is 0 Å². The van der Waals surface area contributed by atoms with Crippen LogP contribution in [0.5, 0.6) is 0 Å². The Hall–Kier alpha value is -1.86. The van der Waals surface area contributed by atoms with E-state index in [1.807, 2.05) is 6.08 Å². The van der Waals surface area contributed by atoms with Crippen LogP contribution in [-0.4, -0.2) is 53.6 Å². The SMILES string of the molecule is CCCCCCCCCCCCC/C=C/[C@@H](O)[C@H](CO)NC(=O)CCCCCNC(=O)OC1CC/C=C\CCC1. The zero-order valence-corrected chi connectivity index (χ0v) is 25.4. The number of ether oxygens (including phenoxy) is 1. The van der Waals surface area contributed by atoms with Gasteiger partial charge in [0.15, 0.2) is 0 Å². The Morgan fingerprint density at radius 2 is 1.55 bits per heavy atom. The van der Waals surface area contributed by atoms with E-state index < -0.39 is 12.1 Å². The molecule has 0 aromatic rings. The molecular weight excluding hydrogens is 504 g/mol. The highest BCUT2D eigenvalue weighted by atomic mass is 16.6. The summed E-state index contributed by atoms with van der Waals surface area (Å²) >= 11 is 0. The molecule has 0 heterocycles. The van der Waals surface area contributed by atoms with Crippen molar-refractivity contribution in [3.63, 3.8) is 0 Å². The van der Waals surface area contributed by atoms with Crippen molar-refractivity contribution in [3.05, 3.63) is 24.3 Å². The topological polar surface area (TPSA) is 108 Å². The molecule has 0 radical (unpaired) electrons. The van der Waals surface area contributed by atoms with Crippen LogP contribution in [0.3, 0.4) is 0 Å². The largest absolute Gasteiger partial charge is 0.446 e. The van der Waals surface area contributed by atoms with E-state index in [2.05, 4.69) is 29.7 Å². The van der Waals surface area contributed by atoms with E-state index in [-0.39, 0.29) is 24.7 Å². The van der Waals surface area contributed by atoms with Crippen molar-refractivity contribution in [2.75, 3.05) is 13.2 Å². The smallest absolute Gasteiger partial charge is 0.407 e. The van der Waals surface area contributed by atoms with Crippen LogP contribution >= 0.6 is 0 Å². The highest BCUT2D eigenvalue weighted by molar-refractivity contribution is 5.76. The highest BCUT2D eigenvalue weighted by Crippen LogP contribution is 2.16. The van der Waals surface area contributed by atoms with Gasteiger partial charge in [0.05, 0.1) is 18.8 Å². The predicted octanol–water partition coefficient (Wildman–Crippen LogP) is 7.26. The van der Waals surface area contributed by atoms with Crippen LogP contribution in [0.4, 0.5) is 4.79 Å². The highest BCUT2D eigenvalue weighted by Gasteiger charge is 2.18. The third-order valence-electron chi connectivity index (χ3n) is 7.61. The third kappa shape index (κ3) is 21.0. The summed E-state index contributed by atoms with van der Waals surface area (Å²) in [4.78, 5) is 24.3. The van der Waals surface area contributed by atoms with Gasteiger partial charge in [-0.05, 0) is 57.8 Å². The number of hydrogen-bond donors (Lipinski definition) is 4. The lowest BCUT2D eigenvalue weighted by Crippen LogP contribution is -2.45. The minimum atomic E-state index is -0.897. The average molecular weight is 565 g/mol. The molecule has 0 aromatic carbocycles. The first-order valence-electron chi connectivity index (χ1n) is 16.4. The molecule has 40 heavy (non-hydrogen) atoms. The number of aliphatic hydroxyl groups excluding tert-OH is 2. The van der Waals surface area contributed by atoms with E-state index in [1.165, 1.54) is 64.2 Å². The fourth-order valence-corrected chi connectivity index (χ4v) is 5.03. The Bertz CT molecular complexity index is 682. The van der Waals surface area contributed by atoms with Crippen LogP contribution in [0.15, 0.2) is 24.3 Å². The number of rotatable bonds is 23. The lowest BCUT2D eigenvalue weighted by molar-refractivity contribution is -0.123. The molecule has 0 spiro atoms. The van der Waals surface area contributed by atoms with E-state index >= 15 is 0 Å². The van der Waals surface area contributed by atoms with Crippen molar-refractivity contribution in [3.8, 4) is 0 Å². The van der Waals surface area contributed by atoms with Crippen molar-refractivity contribution in [1.29, 1.82) is 0 Å². The summed E-state index contributed by atoms with van der Waals surface area (Å²) in [6.45, 7) is 2.47. The number of aliphatic hydroxyl groups is 2. The monoisotopic (exact) mass is 564 g/mol. The number of alkyl carbamates (subject to hydrolysis) is 1. The Morgan fingerprint density at radius 3 is 2.25 bits per heavy atom. The molecule has 7 nitrogen and oxygen atoms in total. The number of nitrogens with one attached hydrogen (secondary N) is 2. The Labute approximate surface area is 244 Å². The van der Waals surface area contributed by atoms with Crippen molar-refractivity contribution in [2.45, 2.75) is 160 Å². The molecule has 0 saturated heterocycles. The average Bonchev–Trinajstić information content (AvgIpc) is 2.93. The summed E-state index contributed by atoms with van der Waals surface area (Å²) in [5.74, 6) is -0.178. The van der Waals surface area contributed by atoms with Gasteiger partial charge < -0.3 is 25.6 Å². The molecule has 0 bridgehead atoms. The Kier molecular flexibility index (Phi) is 23.6. The van der Waals surface area contributed by atoms with Gasteiger partial charge in [0.2, 0.25) is 5.91 Å². The standard InChI is InChI=1S/C33H60N2O5/c1-2-3-4-5-6-7-8-9-10-11-12-16-20-25-31(37)30(28-36)35-32(38)26-21-17-22-27-34-33(39)40-29-23-18-14-13-15-19-24-29/h13-14,20,25,29-31,36-37H,2-12,15-19,21-24,26-28H2,1H3,(H,34,39)(H,35,38)/b14-13-,25-20+/t29?,30-,31+/m0/s1. The van der Waals surface area contributed by atoms with Crippen molar-refractivity contribution in [2.24, 2.45) is 0 Å². The molecular formula is C33H60N2O5. The second-order valence-electron chi connectivity index (χ2n) is 11.3.